The Hall–Kier alpha value is -1.70. The van der Waals surface area contributed by atoms with Crippen LogP contribution in [-0.4, -0.2) is 29.7 Å². The summed E-state index contributed by atoms with van der Waals surface area (Å²) in [4.78, 5) is 22.5. The summed E-state index contributed by atoms with van der Waals surface area (Å²) in [5.74, 6) is 1.71. The van der Waals surface area contributed by atoms with Crippen LogP contribution in [0.15, 0.2) is 0 Å². The van der Waals surface area contributed by atoms with Gasteiger partial charge in [-0.05, 0) is 24.7 Å². The topological polar surface area (TPSA) is 78.4 Å². The second-order valence-electron chi connectivity index (χ2n) is 5.26. The summed E-state index contributed by atoms with van der Waals surface area (Å²) in [7, 11) is 0. The quantitative estimate of drug-likeness (QED) is 0.614. The third kappa shape index (κ3) is 4.82. The lowest BCUT2D eigenvalue weighted by Gasteiger charge is -2.40. The summed E-state index contributed by atoms with van der Waals surface area (Å²) >= 11 is 0. The van der Waals surface area contributed by atoms with Crippen LogP contribution >= 0.6 is 0 Å². The maximum Gasteiger partial charge on any atom is 0.315 e. The van der Waals surface area contributed by atoms with Gasteiger partial charge in [0.2, 0.25) is 0 Å². The molecule has 1 saturated carbocycles. The van der Waals surface area contributed by atoms with Crippen LogP contribution in [0.1, 0.15) is 45.4 Å². The maximum atomic E-state index is 11.7. The minimum Gasteiger partial charge on any atom is -0.481 e. The number of aliphatic carboxylic acids is 1. The molecule has 0 aliphatic heterocycles. The van der Waals surface area contributed by atoms with Crippen molar-refractivity contribution in [2.45, 2.75) is 51.5 Å². The summed E-state index contributed by atoms with van der Waals surface area (Å²) in [6.45, 7) is 2.40. The number of hydrogen-bond donors (Lipinski definition) is 3. The summed E-state index contributed by atoms with van der Waals surface area (Å²) < 4.78 is 0. The highest BCUT2D eigenvalue weighted by Gasteiger charge is 2.39. The van der Waals surface area contributed by atoms with Crippen molar-refractivity contribution in [2.75, 3.05) is 6.54 Å². The van der Waals surface area contributed by atoms with Crippen LogP contribution in [0.25, 0.3) is 0 Å². The molecule has 0 radical (unpaired) electrons. The highest BCUT2D eigenvalue weighted by Crippen LogP contribution is 2.43. The lowest BCUT2D eigenvalue weighted by Crippen LogP contribution is -2.48. The van der Waals surface area contributed by atoms with Gasteiger partial charge in [-0.1, -0.05) is 25.7 Å². The lowest BCUT2D eigenvalue weighted by atomic mass is 9.66. The van der Waals surface area contributed by atoms with Crippen LogP contribution in [0.5, 0.6) is 0 Å². The van der Waals surface area contributed by atoms with Crippen LogP contribution in [-0.2, 0) is 4.79 Å². The molecule has 1 rings (SSSR count). The number of carboxylic acid groups (broad SMARTS) is 1. The molecule has 1 aliphatic rings. The van der Waals surface area contributed by atoms with E-state index in [-0.39, 0.29) is 23.9 Å². The van der Waals surface area contributed by atoms with E-state index >= 15 is 0 Å². The van der Waals surface area contributed by atoms with E-state index in [1.54, 1.807) is 0 Å². The predicted molar refractivity (Wildman–Crippen MR) is 72.6 cm³/mol. The van der Waals surface area contributed by atoms with Gasteiger partial charge in [0.05, 0.1) is 12.5 Å². The molecule has 3 N–H and O–H groups in total. The van der Waals surface area contributed by atoms with E-state index in [1.807, 2.05) is 6.92 Å². The minimum atomic E-state index is -0.811. The van der Waals surface area contributed by atoms with E-state index in [0.717, 1.165) is 32.1 Å². The minimum absolute atomic E-state index is 0.112. The van der Waals surface area contributed by atoms with Gasteiger partial charge in [0.1, 0.15) is 0 Å². The molecule has 0 aromatic carbocycles. The van der Waals surface area contributed by atoms with Crippen LogP contribution in [0.2, 0.25) is 0 Å². The standard InChI is InChI=1S/C14H22N2O3/c1-3-6-11(4-2)16-13(19)15-10-14(7-5-8-14)9-12(17)18/h2,11H,3,5-10H2,1H3,(H,17,18)(H2,15,16,19). The number of carboxylic acids is 1. The van der Waals surface area contributed by atoms with Crippen LogP contribution in [0.3, 0.4) is 0 Å². The number of hydrogen-bond acceptors (Lipinski definition) is 2. The average Bonchev–Trinajstić information content (AvgIpc) is 2.31. The second-order valence-corrected chi connectivity index (χ2v) is 5.26. The fraction of sp³-hybridized carbons (Fsp3) is 0.714. The smallest absolute Gasteiger partial charge is 0.315 e. The molecule has 2 amide bonds. The third-order valence-electron chi connectivity index (χ3n) is 3.65. The number of nitrogens with one attached hydrogen (secondary N) is 2. The number of terminal acetylenes is 1. The zero-order valence-corrected chi connectivity index (χ0v) is 11.4. The van der Waals surface area contributed by atoms with Crippen LogP contribution < -0.4 is 10.6 Å². The maximum absolute atomic E-state index is 11.7. The lowest BCUT2D eigenvalue weighted by molar-refractivity contribution is -0.141. The number of carbonyl (C=O) groups is 2. The monoisotopic (exact) mass is 266 g/mol. The van der Waals surface area contributed by atoms with Crippen molar-refractivity contribution >= 4 is 12.0 Å². The molecule has 0 aromatic rings. The van der Waals surface area contributed by atoms with Crippen molar-refractivity contribution in [3.8, 4) is 12.3 Å². The zero-order chi connectivity index (χ0) is 14.3. The fourth-order valence-electron chi connectivity index (χ4n) is 2.38. The number of rotatable bonds is 7. The zero-order valence-electron chi connectivity index (χ0n) is 11.4. The Kier molecular flexibility index (Phi) is 5.68. The van der Waals surface area contributed by atoms with Gasteiger partial charge in [-0.25, -0.2) is 4.79 Å². The Morgan fingerprint density at radius 2 is 2.16 bits per heavy atom. The van der Waals surface area contributed by atoms with Crippen molar-refractivity contribution in [2.24, 2.45) is 5.41 Å². The first-order valence-electron chi connectivity index (χ1n) is 6.73. The molecule has 106 valence electrons. The van der Waals surface area contributed by atoms with E-state index in [9.17, 15) is 9.59 Å². The van der Waals surface area contributed by atoms with Gasteiger partial charge >= 0.3 is 12.0 Å². The van der Waals surface area contributed by atoms with Crippen LogP contribution in [0, 0.1) is 17.8 Å². The van der Waals surface area contributed by atoms with Gasteiger partial charge in [0.25, 0.3) is 0 Å². The first-order chi connectivity index (χ1) is 9.01. The highest BCUT2D eigenvalue weighted by atomic mass is 16.4. The Balaban J connectivity index is 2.36. The predicted octanol–water partition coefficient (Wildman–Crippen LogP) is 1.73. The molecule has 1 unspecified atom stereocenters. The van der Waals surface area contributed by atoms with Crippen molar-refractivity contribution in [1.29, 1.82) is 0 Å². The first-order valence-corrected chi connectivity index (χ1v) is 6.73. The first kappa shape index (κ1) is 15.4. The highest BCUT2D eigenvalue weighted by molar-refractivity contribution is 5.75. The molecule has 1 fully saturated rings. The van der Waals surface area contributed by atoms with Crippen molar-refractivity contribution in [1.82, 2.24) is 10.6 Å². The van der Waals surface area contributed by atoms with Gasteiger partial charge in [-0.2, -0.15) is 0 Å². The molecule has 1 atom stereocenters. The summed E-state index contributed by atoms with van der Waals surface area (Å²) in [5, 5.41) is 14.3. The Morgan fingerprint density at radius 1 is 1.47 bits per heavy atom. The molecular formula is C14H22N2O3. The molecule has 5 nitrogen and oxygen atoms in total. The third-order valence-corrected chi connectivity index (χ3v) is 3.65. The Labute approximate surface area is 114 Å². The van der Waals surface area contributed by atoms with Gasteiger partial charge in [-0.3, -0.25) is 4.79 Å². The summed E-state index contributed by atoms with van der Waals surface area (Å²) in [6.07, 6.45) is 9.81. The van der Waals surface area contributed by atoms with Gasteiger partial charge in [0, 0.05) is 6.54 Å². The van der Waals surface area contributed by atoms with Crippen molar-refractivity contribution in [3.63, 3.8) is 0 Å². The molecule has 0 bridgehead atoms. The molecule has 19 heavy (non-hydrogen) atoms. The van der Waals surface area contributed by atoms with Gasteiger partial charge < -0.3 is 15.7 Å². The molecule has 1 aliphatic carbocycles. The number of carbonyl (C=O) groups excluding carboxylic acids is 1. The van der Waals surface area contributed by atoms with Gasteiger partial charge in [0.15, 0.2) is 0 Å². The average molecular weight is 266 g/mol. The van der Waals surface area contributed by atoms with E-state index in [1.165, 1.54) is 0 Å². The Bertz CT molecular complexity index is 369. The number of urea groups is 1. The van der Waals surface area contributed by atoms with Crippen molar-refractivity contribution < 1.29 is 14.7 Å². The SMILES string of the molecule is C#CC(CCC)NC(=O)NCC1(CC(=O)O)CCC1. The van der Waals surface area contributed by atoms with E-state index < -0.39 is 5.97 Å². The van der Waals surface area contributed by atoms with E-state index in [2.05, 4.69) is 16.6 Å². The Morgan fingerprint density at radius 3 is 2.58 bits per heavy atom. The second kappa shape index (κ2) is 7.03. The van der Waals surface area contributed by atoms with E-state index in [0.29, 0.717) is 6.54 Å². The molecular weight excluding hydrogens is 244 g/mol. The van der Waals surface area contributed by atoms with Gasteiger partial charge in [-0.15, -0.1) is 6.42 Å². The summed E-state index contributed by atoms with van der Waals surface area (Å²) in [5.41, 5.74) is -0.264. The summed E-state index contributed by atoms with van der Waals surface area (Å²) in [6, 6.07) is -0.574. The normalized spacial score (nSPS) is 17.7. The molecule has 5 heteroatoms. The molecule has 0 saturated heterocycles. The van der Waals surface area contributed by atoms with Crippen molar-refractivity contribution in [3.05, 3.63) is 0 Å². The fourth-order valence-corrected chi connectivity index (χ4v) is 2.38. The molecule has 0 heterocycles. The van der Waals surface area contributed by atoms with E-state index in [4.69, 9.17) is 11.5 Å². The van der Waals surface area contributed by atoms with Crippen LogP contribution in [0.4, 0.5) is 4.79 Å². The molecule has 0 spiro atoms. The largest absolute Gasteiger partial charge is 0.481 e. The molecule has 0 aromatic heterocycles. The number of amides is 2.